The van der Waals surface area contributed by atoms with E-state index in [2.05, 4.69) is 20.7 Å². The molecule has 4 nitrogen and oxygen atoms in total. The van der Waals surface area contributed by atoms with Gasteiger partial charge >= 0.3 is 6.18 Å². The minimum Gasteiger partial charge on any atom is -0.490 e. The second-order valence-corrected chi connectivity index (χ2v) is 7.06. The maximum absolute atomic E-state index is 13.5. The summed E-state index contributed by atoms with van der Waals surface area (Å²) in [4.78, 5) is -0.739. The molecule has 0 aliphatic carbocycles. The molecule has 21 heavy (non-hydrogen) atoms. The van der Waals surface area contributed by atoms with Gasteiger partial charge in [-0.25, -0.2) is 12.8 Å². The van der Waals surface area contributed by atoms with Gasteiger partial charge in [-0.2, -0.15) is 13.2 Å². The van der Waals surface area contributed by atoms with Crippen molar-refractivity contribution in [2.45, 2.75) is 11.1 Å². The molecule has 0 aliphatic heterocycles. The Morgan fingerprint density at radius 1 is 1.24 bits per heavy atom. The van der Waals surface area contributed by atoms with Crippen molar-refractivity contribution in [3.8, 4) is 5.75 Å². The van der Waals surface area contributed by atoms with Crippen molar-refractivity contribution in [1.82, 2.24) is 0 Å². The molecule has 1 aromatic rings. The molecule has 0 heterocycles. The molecule has 0 fully saturated rings. The number of hydrogen-bond acceptors (Lipinski definition) is 4. The third kappa shape index (κ3) is 6.37. The summed E-state index contributed by atoms with van der Waals surface area (Å²) in [5.74, 6) is -1.23. The summed E-state index contributed by atoms with van der Waals surface area (Å²) in [5.41, 5.74) is 0. The molecule has 11 heteroatoms. The molecule has 120 valence electrons. The van der Waals surface area contributed by atoms with E-state index in [9.17, 15) is 26.0 Å². The number of ether oxygens (including phenoxy) is 2. The zero-order chi connectivity index (χ0) is 16.3. The van der Waals surface area contributed by atoms with Crippen molar-refractivity contribution in [2.24, 2.45) is 0 Å². The topological polar surface area (TPSA) is 52.6 Å². The van der Waals surface area contributed by atoms with E-state index in [4.69, 9.17) is 15.4 Å². The number of benzene rings is 1. The summed E-state index contributed by atoms with van der Waals surface area (Å²) in [6.45, 7) is -2.07. The average molecular weight is 416 g/mol. The predicted molar refractivity (Wildman–Crippen MR) is 69.5 cm³/mol. The molecule has 0 N–H and O–H groups in total. The van der Waals surface area contributed by atoms with Gasteiger partial charge in [0.15, 0.2) is 0 Å². The van der Waals surface area contributed by atoms with Gasteiger partial charge in [0.25, 0.3) is 9.05 Å². The van der Waals surface area contributed by atoms with Crippen LogP contribution in [0.4, 0.5) is 17.6 Å². The van der Waals surface area contributed by atoms with Crippen LogP contribution in [-0.4, -0.2) is 34.4 Å². The number of hydrogen-bond donors (Lipinski definition) is 0. The fourth-order valence-corrected chi connectivity index (χ4v) is 2.72. The predicted octanol–water partition coefficient (Wildman–Crippen LogP) is 3.47. The largest absolute Gasteiger partial charge is 0.490 e. The van der Waals surface area contributed by atoms with Gasteiger partial charge in [0.2, 0.25) is 0 Å². The summed E-state index contributed by atoms with van der Waals surface area (Å²) < 4.78 is 80.3. The van der Waals surface area contributed by atoms with Crippen LogP contribution in [0.2, 0.25) is 0 Å². The maximum atomic E-state index is 13.5. The zero-order valence-electron chi connectivity index (χ0n) is 10.1. The molecule has 0 saturated carbocycles. The van der Waals surface area contributed by atoms with Crippen molar-refractivity contribution >= 4 is 35.7 Å². The van der Waals surface area contributed by atoms with Gasteiger partial charge in [0.05, 0.1) is 11.1 Å². The molecule has 1 aromatic carbocycles. The van der Waals surface area contributed by atoms with Gasteiger partial charge in [-0.05, 0) is 22.0 Å². The molecular weight excluding hydrogens is 408 g/mol. The molecule has 0 saturated heterocycles. The van der Waals surface area contributed by atoms with Crippen LogP contribution in [0.25, 0.3) is 0 Å². The van der Waals surface area contributed by atoms with E-state index in [0.29, 0.717) is 0 Å². The number of alkyl halides is 3. The van der Waals surface area contributed by atoms with E-state index in [-0.39, 0.29) is 23.4 Å². The third-order valence-electron chi connectivity index (χ3n) is 2.00. The molecule has 0 spiro atoms. The monoisotopic (exact) mass is 414 g/mol. The van der Waals surface area contributed by atoms with Gasteiger partial charge in [-0.3, -0.25) is 0 Å². The van der Waals surface area contributed by atoms with E-state index in [1.807, 2.05) is 0 Å². The van der Waals surface area contributed by atoms with Gasteiger partial charge in [-0.15, -0.1) is 0 Å². The minimum atomic E-state index is -4.44. The first-order valence-electron chi connectivity index (χ1n) is 5.22. The normalized spacial score (nSPS) is 12.5. The van der Waals surface area contributed by atoms with E-state index in [1.165, 1.54) is 0 Å². The third-order valence-corrected chi connectivity index (χ3v) is 3.96. The Bertz CT molecular complexity index is 606. The molecule has 0 bridgehead atoms. The van der Waals surface area contributed by atoms with Gasteiger partial charge in [0.1, 0.15) is 29.7 Å². The lowest BCUT2D eigenvalue weighted by Gasteiger charge is -2.11. The Morgan fingerprint density at radius 3 is 2.38 bits per heavy atom. The molecular formula is C10H8BrClF4O4S. The lowest BCUT2D eigenvalue weighted by Crippen LogP contribution is -2.19. The minimum absolute atomic E-state index is 0.0824. The Labute approximate surface area is 130 Å². The van der Waals surface area contributed by atoms with Gasteiger partial charge in [-0.1, -0.05) is 0 Å². The highest BCUT2D eigenvalue weighted by Crippen LogP contribution is 2.31. The van der Waals surface area contributed by atoms with E-state index >= 15 is 0 Å². The second-order valence-electron chi connectivity index (χ2n) is 3.67. The Balaban J connectivity index is 2.64. The van der Waals surface area contributed by atoms with Crippen LogP contribution in [0.3, 0.4) is 0 Å². The van der Waals surface area contributed by atoms with Crippen molar-refractivity contribution in [3.05, 3.63) is 22.4 Å². The summed E-state index contributed by atoms with van der Waals surface area (Å²) in [6, 6.07) is 1.65. The van der Waals surface area contributed by atoms with Gasteiger partial charge < -0.3 is 9.47 Å². The first-order chi connectivity index (χ1) is 9.50. The maximum Gasteiger partial charge on any atom is 0.411 e. The first-order valence-corrected chi connectivity index (χ1v) is 8.32. The first kappa shape index (κ1) is 18.5. The highest BCUT2D eigenvalue weighted by molar-refractivity contribution is 9.10. The van der Waals surface area contributed by atoms with Crippen LogP contribution in [0.1, 0.15) is 0 Å². The van der Waals surface area contributed by atoms with Crippen molar-refractivity contribution < 1.29 is 35.5 Å². The fraction of sp³-hybridized carbons (Fsp3) is 0.400. The number of halogens is 6. The molecule has 0 aliphatic rings. The Hall–Kier alpha value is -0.580. The molecule has 0 atom stereocenters. The Kier molecular flexibility index (Phi) is 6.26. The SMILES string of the molecule is O=S(=O)(Cl)c1cc(Br)c(OCCOCC(F)(F)F)cc1F. The van der Waals surface area contributed by atoms with E-state index < -0.39 is 32.5 Å². The standard InChI is InChI=1S/C10H8BrClF4O4S/c11-6-3-9(21(12,17)18)7(13)4-8(6)20-2-1-19-5-10(14,15)16/h3-4H,1-2,5H2. The van der Waals surface area contributed by atoms with Crippen molar-refractivity contribution in [3.63, 3.8) is 0 Å². The summed E-state index contributed by atoms with van der Waals surface area (Å²) in [5, 5.41) is 0. The average Bonchev–Trinajstić information content (AvgIpc) is 2.29. The van der Waals surface area contributed by atoms with Crippen LogP contribution < -0.4 is 4.74 Å². The molecule has 0 amide bonds. The van der Waals surface area contributed by atoms with Crippen LogP contribution >= 0.6 is 26.6 Å². The van der Waals surface area contributed by atoms with Crippen LogP contribution in [0, 0.1) is 5.82 Å². The van der Waals surface area contributed by atoms with E-state index in [0.717, 1.165) is 12.1 Å². The van der Waals surface area contributed by atoms with Gasteiger partial charge in [0, 0.05) is 16.7 Å². The lowest BCUT2D eigenvalue weighted by molar-refractivity contribution is -0.175. The summed E-state index contributed by atoms with van der Waals surface area (Å²) in [6.07, 6.45) is -4.44. The Morgan fingerprint density at radius 2 is 1.86 bits per heavy atom. The lowest BCUT2D eigenvalue weighted by atomic mass is 10.3. The summed E-state index contributed by atoms with van der Waals surface area (Å²) >= 11 is 2.94. The molecule has 0 radical (unpaired) electrons. The van der Waals surface area contributed by atoms with Crippen LogP contribution in [0.15, 0.2) is 21.5 Å². The smallest absolute Gasteiger partial charge is 0.411 e. The number of rotatable bonds is 6. The quantitative estimate of drug-likeness (QED) is 0.406. The zero-order valence-corrected chi connectivity index (χ0v) is 13.2. The highest BCUT2D eigenvalue weighted by atomic mass is 79.9. The highest BCUT2D eigenvalue weighted by Gasteiger charge is 2.27. The molecule has 0 unspecified atom stereocenters. The van der Waals surface area contributed by atoms with Crippen LogP contribution in [0.5, 0.6) is 5.75 Å². The molecule has 0 aromatic heterocycles. The second kappa shape index (κ2) is 7.12. The van der Waals surface area contributed by atoms with Crippen molar-refractivity contribution in [2.75, 3.05) is 19.8 Å². The molecule has 1 rings (SSSR count). The summed E-state index contributed by atoms with van der Waals surface area (Å²) in [7, 11) is 0.764. The van der Waals surface area contributed by atoms with E-state index in [1.54, 1.807) is 0 Å². The van der Waals surface area contributed by atoms with Crippen molar-refractivity contribution in [1.29, 1.82) is 0 Å². The van der Waals surface area contributed by atoms with Crippen LogP contribution in [-0.2, 0) is 13.8 Å². The fourth-order valence-electron chi connectivity index (χ4n) is 1.21.